The molecule has 0 aliphatic rings. The Hall–Kier alpha value is -2.37. The first kappa shape index (κ1) is 13.6. The second-order valence-corrected chi connectivity index (χ2v) is 5.04. The molecule has 4 nitrogen and oxygen atoms in total. The normalized spacial score (nSPS) is 12.9. The minimum Gasteiger partial charge on any atom is -0.469 e. The third-order valence-electron chi connectivity index (χ3n) is 3.60. The maximum absolute atomic E-state index is 14.0. The number of rotatable bonds is 4. The molecule has 3 aromatic rings. The lowest BCUT2D eigenvalue weighted by Crippen LogP contribution is -2.10. The van der Waals surface area contributed by atoms with Gasteiger partial charge in [-0.3, -0.25) is 0 Å². The number of aryl methyl sites for hydroxylation is 1. The van der Waals surface area contributed by atoms with E-state index in [1.165, 1.54) is 10.6 Å². The Morgan fingerprint density at radius 3 is 2.86 bits per heavy atom. The summed E-state index contributed by atoms with van der Waals surface area (Å²) >= 11 is 0. The van der Waals surface area contributed by atoms with E-state index in [1.54, 1.807) is 6.26 Å². The van der Waals surface area contributed by atoms with E-state index in [9.17, 15) is 8.78 Å². The lowest BCUT2D eigenvalue weighted by atomic mass is 10.1. The number of nitrogens with zero attached hydrogens (tertiary/aromatic N) is 2. The Labute approximate surface area is 120 Å². The molecule has 3 rings (SSSR count). The van der Waals surface area contributed by atoms with Crippen molar-refractivity contribution in [3.05, 3.63) is 47.9 Å². The molecule has 0 aliphatic carbocycles. The van der Waals surface area contributed by atoms with Gasteiger partial charge in [0.05, 0.1) is 11.8 Å². The second kappa shape index (κ2) is 5.20. The number of halogens is 2. The Morgan fingerprint density at radius 2 is 2.14 bits per heavy atom. The van der Waals surface area contributed by atoms with Crippen molar-refractivity contribution in [2.45, 2.75) is 25.8 Å². The molecule has 0 saturated heterocycles. The van der Waals surface area contributed by atoms with Gasteiger partial charge >= 0.3 is 0 Å². The highest BCUT2D eigenvalue weighted by Crippen LogP contribution is 2.28. The summed E-state index contributed by atoms with van der Waals surface area (Å²) in [7, 11) is 0. The van der Waals surface area contributed by atoms with Crippen molar-refractivity contribution in [3.63, 3.8) is 0 Å². The highest BCUT2D eigenvalue weighted by Gasteiger charge is 2.19. The standard InChI is InChI=1S/C15H15F2N3O/c1-9(4-5-10-3-2-8-21-10)20-14-12(19-15(20)18)7-6-11(16)13(14)17/h2-3,6-9H,4-5H2,1H3,(H2,18,19). The Bertz CT molecular complexity index is 765. The van der Waals surface area contributed by atoms with Gasteiger partial charge in [-0.1, -0.05) is 0 Å². The molecule has 0 saturated carbocycles. The summed E-state index contributed by atoms with van der Waals surface area (Å²) in [6.07, 6.45) is 2.97. The number of nitrogen functional groups attached to an aromatic ring is 1. The van der Waals surface area contributed by atoms with E-state index >= 15 is 0 Å². The van der Waals surface area contributed by atoms with Gasteiger partial charge in [0.1, 0.15) is 11.3 Å². The van der Waals surface area contributed by atoms with Crippen LogP contribution < -0.4 is 5.73 Å². The van der Waals surface area contributed by atoms with Crippen molar-refractivity contribution >= 4 is 17.0 Å². The van der Waals surface area contributed by atoms with E-state index in [4.69, 9.17) is 10.2 Å². The zero-order valence-corrected chi connectivity index (χ0v) is 11.5. The molecule has 2 N–H and O–H groups in total. The SMILES string of the molecule is CC(CCc1ccco1)n1c(N)nc2ccc(F)c(F)c21. The zero-order chi connectivity index (χ0) is 15.0. The molecule has 0 spiro atoms. The van der Waals surface area contributed by atoms with E-state index in [-0.39, 0.29) is 17.5 Å². The third-order valence-corrected chi connectivity index (χ3v) is 3.60. The van der Waals surface area contributed by atoms with Crippen molar-refractivity contribution in [3.8, 4) is 0 Å². The Kier molecular flexibility index (Phi) is 3.37. The number of anilines is 1. The van der Waals surface area contributed by atoms with E-state index < -0.39 is 11.6 Å². The van der Waals surface area contributed by atoms with E-state index in [0.717, 1.165) is 11.8 Å². The van der Waals surface area contributed by atoms with Crippen LogP contribution in [0.4, 0.5) is 14.7 Å². The molecule has 0 amide bonds. The minimum atomic E-state index is -0.915. The van der Waals surface area contributed by atoms with Crippen molar-refractivity contribution in [2.24, 2.45) is 0 Å². The number of imidazole rings is 1. The van der Waals surface area contributed by atoms with Crippen molar-refractivity contribution in [1.29, 1.82) is 0 Å². The van der Waals surface area contributed by atoms with E-state index in [1.807, 2.05) is 19.1 Å². The van der Waals surface area contributed by atoms with Crippen LogP contribution in [0.25, 0.3) is 11.0 Å². The number of hydrogen-bond acceptors (Lipinski definition) is 3. The topological polar surface area (TPSA) is 57.0 Å². The summed E-state index contributed by atoms with van der Waals surface area (Å²) in [5, 5.41) is 0. The quantitative estimate of drug-likeness (QED) is 0.797. The largest absolute Gasteiger partial charge is 0.469 e. The molecule has 0 fully saturated rings. The third kappa shape index (κ3) is 2.37. The van der Waals surface area contributed by atoms with Crippen LogP contribution in [0.5, 0.6) is 0 Å². The van der Waals surface area contributed by atoms with Gasteiger partial charge in [0, 0.05) is 12.5 Å². The molecule has 1 aromatic carbocycles. The van der Waals surface area contributed by atoms with Crippen LogP contribution >= 0.6 is 0 Å². The smallest absolute Gasteiger partial charge is 0.201 e. The average molecular weight is 291 g/mol. The lowest BCUT2D eigenvalue weighted by Gasteiger charge is -2.15. The summed E-state index contributed by atoms with van der Waals surface area (Å²) in [5.41, 5.74) is 6.33. The van der Waals surface area contributed by atoms with Crippen LogP contribution in [0.15, 0.2) is 34.9 Å². The van der Waals surface area contributed by atoms with Crippen LogP contribution in [0, 0.1) is 11.6 Å². The number of benzene rings is 1. The predicted molar refractivity (Wildman–Crippen MR) is 75.8 cm³/mol. The molecule has 1 atom stereocenters. The van der Waals surface area contributed by atoms with Crippen molar-refractivity contribution < 1.29 is 13.2 Å². The molecule has 110 valence electrons. The summed E-state index contributed by atoms with van der Waals surface area (Å²) in [4.78, 5) is 4.09. The van der Waals surface area contributed by atoms with Gasteiger partial charge in [-0.2, -0.15) is 0 Å². The first-order valence-electron chi connectivity index (χ1n) is 6.71. The fourth-order valence-corrected chi connectivity index (χ4v) is 2.52. The molecular weight excluding hydrogens is 276 g/mol. The minimum absolute atomic E-state index is 0.111. The highest BCUT2D eigenvalue weighted by atomic mass is 19.2. The summed E-state index contributed by atoms with van der Waals surface area (Å²) in [6.45, 7) is 1.89. The summed E-state index contributed by atoms with van der Waals surface area (Å²) < 4.78 is 34.3. The van der Waals surface area contributed by atoms with Crippen LogP contribution in [0.1, 0.15) is 25.1 Å². The van der Waals surface area contributed by atoms with Gasteiger partial charge in [-0.15, -0.1) is 0 Å². The number of aromatic nitrogens is 2. The Balaban J connectivity index is 1.95. The lowest BCUT2D eigenvalue weighted by molar-refractivity contribution is 0.454. The maximum atomic E-state index is 14.0. The van der Waals surface area contributed by atoms with Crippen LogP contribution in [0.3, 0.4) is 0 Å². The number of hydrogen-bond donors (Lipinski definition) is 1. The van der Waals surface area contributed by atoms with Crippen molar-refractivity contribution in [1.82, 2.24) is 9.55 Å². The maximum Gasteiger partial charge on any atom is 0.201 e. The fraction of sp³-hybridized carbons (Fsp3) is 0.267. The fourth-order valence-electron chi connectivity index (χ4n) is 2.52. The van der Waals surface area contributed by atoms with Gasteiger partial charge < -0.3 is 14.7 Å². The van der Waals surface area contributed by atoms with Crippen LogP contribution in [-0.2, 0) is 6.42 Å². The molecule has 0 aliphatic heterocycles. The van der Waals surface area contributed by atoms with Gasteiger partial charge in [0.25, 0.3) is 0 Å². The van der Waals surface area contributed by atoms with Crippen LogP contribution in [0.2, 0.25) is 0 Å². The average Bonchev–Trinajstić information content (AvgIpc) is 3.07. The molecule has 2 aromatic heterocycles. The first-order chi connectivity index (χ1) is 10.1. The number of furan rings is 1. The molecule has 0 bridgehead atoms. The predicted octanol–water partition coefficient (Wildman–Crippen LogP) is 3.68. The summed E-state index contributed by atoms with van der Waals surface area (Å²) in [5.74, 6) is -0.790. The highest BCUT2D eigenvalue weighted by molar-refractivity contribution is 5.79. The number of nitrogens with two attached hydrogens (primary N) is 1. The molecule has 21 heavy (non-hydrogen) atoms. The van der Waals surface area contributed by atoms with E-state index in [2.05, 4.69) is 4.98 Å². The van der Waals surface area contributed by atoms with Gasteiger partial charge in [0.2, 0.25) is 5.95 Å². The number of fused-ring (bicyclic) bond motifs is 1. The van der Waals surface area contributed by atoms with Crippen molar-refractivity contribution in [2.75, 3.05) is 5.73 Å². The van der Waals surface area contributed by atoms with Crippen LogP contribution in [-0.4, -0.2) is 9.55 Å². The van der Waals surface area contributed by atoms with Gasteiger partial charge in [-0.25, -0.2) is 13.8 Å². The second-order valence-electron chi connectivity index (χ2n) is 5.04. The van der Waals surface area contributed by atoms with E-state index in [0.29, 0.717) is 18.4 Å². The molecule has 6 heteroatoms. The Morgan fingerprint density at radius 1 is 1.33 bits per heavy atom. The summed E-state index contributed by atoms with van der Waals surface area (Å²) in [6, 6.07) is 6.05. The molecule has 1 unspecified atom stereocenters. The molecular formula is C15H15F2N3O. The van der Waals surface area contributed by atoms with Gasteiger partial charge in [0.15, 0.2) is 11.6 Å². The first-order valence-corrected chi connectivity index (χ1v) is 6.71. The van der Waals surface area contributed by atoms with Gasteiger partial charge in [-0.05, 0) is 37.6 Å². The zero-order valence-electron chi connectivity index (χ0n) is 11.5. The monoisotopic (exact) mass is 291 g/mol. The molecule has 2 heterocycles. The molecule has 0 radical (unpaired) electrons.